The maximum atomic E-state index is 13.2. The molecule has 0 atom stereocenters. The van der Waals surface area contributed by atoms with Crippen molar-refractivity contribution in [2.75, 3.05) is 25.5 Å². The van der Waals surface area contributed by atoms with Gasteiger partial charge in [-0.1, -0.05) is 24.3 Å². The van der Waals surface area contributed by atoms with Gasteiger partial charge in [0, 0.05) is 38.2 Å². The normalized spacial score (nSPS) is 14.3. The number of amides is 2. The molecule has 2 heterocycles. The molecule has 38 heavy (non-hydrogen) atoms. The standard InChI is InChI=1S/C28H28F3N3O4/c1-33-16-23(24(17-33)28(29,30)31)26(36)32-22-9-7-19(8-10-22)20-11-13-34(14-12-20)25(35)15-18-3-5-21(6-4-18)27(37)38-2/h3-10,16-17,20H,11-15H2,1-2H3,(H,32,36). The average molecular weight is 528 g/mol. The number of methoxy groups -OCH3 is 1. The molecule has 7 nitrogen and oxygen atoms in total. The van der Waals surface area contributed by atoms with E-state index in [2.05, 4.69) is 10.1 Å². The van der Waals surface area contributed by atoms with Crippen molar-refractivity contribution in [3.05, 3.63) is 88.7 Å². The molecule has 0 aliphatic carbocycles. The number of benzene rings is 2. The Kier molecular flexibility index (Phi) is 7.89. The molecule has 200 valence electrons. The summed E-state index contributed by atoms with van der Waals surface area (Å²) >= 11 is 0. The second-order valence-electron chi connectivity index (χ2n) is 9.35. The van der Waals surface area contributed by atoms with E-state index in [1.54, 1.807) is 36.4 Å². The summed E-state index contributed by atoms with van der Waals surface area (Å²) in [5, 5.41) is 2.54. The zero-order chi connectivity index (χ0) is 27.4. The number of likely N-dealkylation sites (tertiary alicyclic amines) is 1. The number of hydrogen-bond donors (Lipinski definition) is 1. The highest BCUT2D eigenvalue weighted by molar-refractivity contribution is 6.05. The van der Waals surface area contributed by atoms with E-state index in [4.69, 9.17) is 0 Å². The lowest BCUT2D eigenvalue weighted by Gasteiger charge is -2.32. The fourth-order valence-corrected chi connectivity index (χ4v) is 4.65. The van der Waals surface area contributed by atoms with Crippen LogP contribution in [-0.2, 0) is 29.2 Å². The van der Waals surface area contributed by atoms with Crippen LogP contribution in [0, 0.1) is 0 Å². The molecule has 1 aliphatic rings. The predicted molar refractivity (Wildman–Crippen MR) is 135 cm³/mol. The zero-order valence-electron chi connectivity index (χ0n) is 21.0. The van der Waals surface area contributed by atoms with Crippen molar-refractivity contribution in [1.82, 2.24) is 9.47 Å². The zero-order valence-corrected chi connectivity index (χ0v) is 21.0. The summed E-state index contributed by atoms with van der Waals surface area (Å²) in [6.45, 7) is 1.22. The van der Waals surface area contributed by atoms with Crippen molar-refractivity contribution in [3.8, 4) is 0 Å². The van der Waals surface area contributed by atoms with Gasteiger partial charge < -0.3 is 19.5 Å². The van der Waals surface area contributed by atoms with E-state index in [-0.39, 0.29) is 18.2 Å². The number of piperidine rings is 1. The molecule has 1 N–H and O–H groups in total. The lowest BCUT2D eigenvalue weighted by Crippen LogP contribution is -2.38. The Labute approximate surface area is 218 Å². The molecule has 10 heteroatoms. The number of aromatic nitrogens is 1. The van der Waals surface area contributed by atoms with Gasteiger partial charge in [0.15, 0.2) is 0 Å². The molecule has 1 fully saturated rings. The maximum absolute atomic E-state index is 13.2. The Morgan fingerprint density at radius 3 is 2.18 bits per heavy atom. The monoisotopic (exact) mass is 527 g/mol. The number of hydrogen-bond acceptors (Lipinski definition) is 4. The quantitative estimate of drug-likeness (QED) is 0.456. The first-order chi connectivity index (χ1) is 18.0. The van der Waals surface area contributed by atoms with Gasteiger partial charge in [-0.05, 0) is 54.2 Å². The van der Waals surface area contributed by atoms with Gasteiger partial charge in [0.05, 0.1) is 30.2 Å². The van der Waals surface area contributed by atoms with Crippen molar-refractivity contribution in [1.29, 1.82) is 0 Å². The molecule has 1 aliphatic heterocycles. The highest BCUT2D eigenvalue weighted by atomic mass is 19.4. The van der Waals surface area contributed by atoms with Crippen LogP contribution in [0.5, 0.6) is 0 Å². The first kappa shape index (κ1) is 27.0. The van der Waals surface area contributed by atoms with Crippen molar-refractivity contribution >= 4 is 23.5 Å². The van der Waals surface area contributed by atoms with Crippen LogP contribution in [0.15, 0.2) is 60.9 Å². The van der Waals surface area contributed by atoms with Crippen LogP contribution in [-0.4, -0.2) is 47.4 Å². The topological polar surface area (TPSA) is 80.6 Å². The van der Waals surface area contributed by atoms with Crippen molar-refractivity contribution < 1.29 is 32.3 Å². The maximum Gasteiger partial charge on any atom is 0.418 e. The largest absolute Gasteiger partial charge is 0.465 e. The number of anilines is 1. The molecule has 0 saturated carbocycles. The Hall–Kier alpha value is -4.08. The third kappa shape index (κ3) is 6.24. The predicted octanol–water partition coefficient (Wildman–Crippen LogP) is 5.03. The second-order valence-corrected chi connectivity index (χ2v) is 9.35. The highest BCUT2D eigenvalue weighted by Gasteiger charge is 2.36. The van der Waals surface area contributed by atoms with E-state index in [0.717, 1.165) is 36.4 Å². The smallest absolute Gasteiger partial charge is 0.418 e. The van der Waals surface area contributed by atoms with E-state index in [0.29, 0.717) is 24.3 Å². The Morgan fingerprint density at radius 1 is 0.974 bits per heavy atom. The number of nitrogens with one attached hydrogen (secondary N) is 1. The third-order valence-electron chi connectivity index (χ3n) is 6.72. The van der Waals surface area contributed by atoms with E-state index >= 15 is 0 Å². The van der Waals surface area contributed by atoms with Gasteiger partial charge in [0.1, 0.15) is 0 Å². The summed E-state index contributed by atoms with van der Waals surface area (Å²) in [7, 11) is 2.75. The summed E-state index contributed by atoms with van der Waals surface area (Å²) < 4.78 is 45.6. The average Bonchev–Trinajstić information content (AvgIpc) is 3.32. The summed E-state index contributed by atoms with van der Waals surface area (Å²) in [6, 6.07) is 13.9. The van der Waals surface area contributed by atoms with Crippen molar-refractivity contribution in [2.45, 2.75) is 31.4 Å². The van der Waals surface area contributed by atoms with Crippen LogP contribution >= 0.6 is 0 Å². The summed E-state index contributed by atoms with van der Waals surface area (Å²) in [4.78, 5) is 38.6. The van der Waals surface area contributed by atoms with E-state index < -0.39 is 29.2 Å². The number of rotatable bonds is 6. The molecule has 2 aromatic carbocycles. The SMILES string of the molecule is COC(=O)c1ccc(CC(=O)N2CCC(c3ccc(NC(=O)c4cn(C)cc4C(F)(F)F)cc3)CC2)cc1. The lowest BCUT2D eigenvalue weighted by atomic mass is 9.89. The number of aryl methyl sites for hydroxylation is 1. The minimum atomic E-state index is -4.62. The Morgan fingerprint density at radius 2 is 1.61 bits per heavy atom. The number of alkyl halides is 3. The van der Waals surface area contributed by atoms with Crippen molar-refractivity contribution in [2.24, 2.45) is 7.05 Å². The Balaban J connectivity index is 1.30. The van der Waals surface area contributed by atoms with E-state index in [9.17, 15) is 27.6 Å². The highest BCUT2D eigenvalue weighted by Crippen LogP contribution is 2.33. The summed E-state index contributed by atoms with van der Waals surface area (Å²) in [5.74, 6) is -0.995. The minimum Gasteiger partial charge on any atom is -0.465 e. The van der Waals surface area contributed by atoms with Gasteiger partial charge >= 0.3 is 12.1 Å². The third-order valence-corrected chi connectivity index (χ3v) is 6.72. The summed E-state index contributed by atoms with van der Waals surface area (Å²) in [5.41, 5.74) is 1.29. The number of nitrogens with zero attached hydrogens (tertiary/aromatic N) is 2. The van der Waals surface area contributed by atoms with Gasteiger partial charge in [-0.3, -0.25) is 9.59 Å². The molecule has 0 spiro atoms. The van der Waals surface area contributed by atoms with E-state index in [1.165, 1.54) is 18.7 Å². The molecule has 1 aromatic heterocycles. The van der Waals surface area contributed by atoms with Crippen LogP contribution in [0.3, 0.4) is 0 Å². The van der Waals surface area contributed by atoms with Crippen LogP contribution in [0.2, 0.25) is 0 Å². The fourth-order valence-electron chi connectivity index (χ4n) is 4.65. The number of carbonyl (C=O) groups excluding carboxylic acids is 3. The first-order valence-electron chi connectivity index (χ1n) is 12.1. The van der Waals surface area contributed by atoms with E-state index in [1.807, 2.05) is 17.0 Å². The van der Waals surface area contributed by atoms with Crippen molar-refractivity contribution in [3.63, 3.8) is 0 Å². The molecule has 3 aromatic rings. The minimum absolute atomic E-state index is 0.0199. The van der Waals surface area contributed by atoms with Crippen LogP contribution in [0.25, 0.3) is 0 Å². The molecule has 2 amide bonds. The molecule has 0 bridgehead atoms. The van der Waals surface area contributed by atoms with Gasteiger partial charge in [-0.15, -0.1) is 0 Å². The molecular weight excluding hydrogens is 499 g/mol. The fraction of sp³-hybridized carbons (Fsp3) is 0.321. The van der Waals surface area contributed by atoms with Crippen LogP contribution in [0.4, 0.5) is 18.9 Å². The molecule has 0 unspecified atom stereocenters. The number of carbonyl (C=O) groups is 3. The first-order valence-corrected chi connectivity index (χ1v) is 12.1. The Bertz CT molecular complexity index is 1310. The van der Waals surface area contributed by atoms with Gasteiger partial charge in [-0.25, -0.2) is 4.79 Å². The molecular formula is C28H28F3N3O4. The van der Waals surface area contributed by atoms with Gasteiger partial charge in [-0.2, -0.15) is 13.2 Å². The van der Waals surface area contributed by atoms with Crippen LogP contribution < -0.4 is 5.32 Å². The number of halogens is 3. The number of esters is 1. The molecule has 4 rings (SSSR count). The van der Waals surface area contributed by atoms with Gasteiger partial charge in [0.25, 0.3) is 5.91 Å². The van der Waals surface area contributed by atoms with Crippen LogP contribution in [0.1, 0.15) is 56.2 Å². The number of ether oxygens (including phenoxy) is 1. The molecule has 0 radical (unpaired) electrons. The molecule has 1 saturated heterocycles. The lowest BCUT2D eigenvalue weighted by molar-refractivity contribution is -0.138. The second kappa shape index (κ2) is 11.1. The van der Waals surface area contributed by atoms with Gasteiger partial charge in [0.2, 0.25) is 5.91 Å². The summed E-state index contributed by atoms with van der Waals surface area (Å²) in [6.07, 6.45) is -0.786.